The number of hydrogen-bond acceptors (Lipinski definition) is 4. The molecule has 2 aromatic rings. The summed E-state index contributed by atoms with van der Waals surface area (Å²) in [4.78, 5) is 0. The zero-order valence-electron chi connectivity index (χ0n) is 14.6. The third-order valence-corrected chi connectivity index (χ3v) is 8.24. The lowest BCUT2D eigenvalue weighted by molar-refractivity contribution is 0.143. The Morgan fingerprint density at radius 1 is 0.625 bits per heavy atom. The average molecular weight is 363 g/mol. The smallest absolute Gasteiger partial charge is 0.0939 e. The van der Waals surface area contributed by atoms with Gasteiger partial charge < -0.3 is 10.2 Å². The quantitative estimate of drug-likeness (QED) is 0.648. The molecule has 0 aliphatic rings. The number of aliphatic hydroxyl groups is 2. The van der Waals surface area contributed by atoms with Crippen molar-refractivity contribution >= 4 is 21.6 Å². The fourth-order valence-electron chi connectivity index (χ4n) is 2.38. The molecule has 0 aliphatic heterocycles. The van der Waals surface area contributed by atoms with Gasteiger partial charge in [-0.25, -0.2) is 0 Å². The van der Waals surface area contributed by atoms with Crippen molar-refractivity contribution in [3.8, 4) is 0 Å². The molecular formula is C20H26O2S2. The van der Waals surface area contributed by atoms with Gasteiger partial charge in [-0.3, -0.25) is 0 Å². The topological polar surface area (TPSA) is 40.5 Å². The van der Waals surface area contributed by atoms with E-state index >= 15 is 0 Å². The molecule has 2 rings (SSSR count). The first-order valence-electron chi connectivity index (χ1n) is 8.07. The molecule has 0 radical (unpaired) electrons. The van der Waals surface area contributed by atoms with Crippen molar-refractivity contribution in [1.29, 1.82) is 0 Å². The summed E-state index contributed by atoms with van der Waals surface area (Å²) in [7, 11) is 3.24. The molecule has 2 unspecified atom stereocenters. The molecule has 0 fully saturated rings. The van der Waals surface area contributed by atoms with Crippen molar-refractivity contribution in [3.63, 3.8) is 0 Å². The van der Waals surface area contributed by atoms with Crippen LogP contribution in [0.25, 0.3) is 0 Å². The van der Waals surface area contributed by atoms with Crippen LogP contribution in [-0.2, 0) is 0 Å². The summed E-state index contributed by atoms with van der Waals surface area (Å²) in [6, 6.07) is 19.4. The Kier molecular flexibility index (Phi) is 6.43. The van der Waals surface area contributed by atoms with Crippen molar-refractivity contribution < 1.29 is 10.2 Å². The van der Waals surface area contributed by atoms with Crippen molar-refractivity contribution in [2.24, 2.45) is 0 Å². The van der Waals surface area contributed by atoms with E-state index in [4.69, 9.17) is 0 Å². The highest BCUT2D eigenvalue weighted by molar-refractivity contribution is 8.77. The first kappa shape index (κ1) is 19.4. The summed E-state index contributed by atoms with van der Waals surface area (Å²) >= 11 is 0. The summed E-state index contributed by atoms with van der Waals surface area (Å²) in [5.74, 6) is 0. The molecule has 0 saturated heterocycles. The van der Waals surface area contributed by atoms with E-state index in [-0.39, 0.29) is 9.49 Å². The van der Waals surface area contributed by atoms with E-state index in [0.717, 1.165) is 11.1 Å². The highest BCUT2D eigenvalue weighted by Crippen LogP contribution is 2.52. The second-order valence-corrected chi connectivity index (χ2v) is 10.4. The van der Waals surface area contributed by atoms with Crippen LogP contribution in [0, 0.1) is 0 Å². The zero-order chi connectivity index (χ0) is 17.8. The lowest BCUT2D eigenvalue weighted by Gasteiger charge is -2.35. The van der Waals surface area contributed by atoms with Crippen LogP contribution in [0.2, 0.25) is 0 Å². The predicted octanol–water partition coefficient (Wildman–Crippen LogP) is 5.39. The van der Waals surface area contributed by atoms with Gasteiger partial charge in [0, 0.05) is 0 Å². The molecule has 0 spiro atoms. The van der Waals surface area contributed by atoms with Crippen molar-refractivity contribution in [3.05, 3.63) is 71.8 Å². The molecule has 2 nitrogen and oxygen atoms in total. The summed E-state index contributed by atoms with van der Waals surface area (Å²) in [6.07, 6.45) is -1.14. The molecule has 2 N–H and O–H groups in total. The maximum absolute atomic E-state index is 10.7. The van der Waals surface area contributed by atoms with Crippen LogP contribution in [0.1, 0.15) is 51.0 Å². The lowest BCUT2D eigenvalue weighted by Crippen LogP contribution is -2.29. The summed E-state index contributed by atoms with van der Waals surface area (Å²) < 4.78 is -0.751. The Balaban J connectivity index is 2.04. The third kappa shape index (κ3) is 4.79. The van der Waals surface area contributed by atoms with Crippen LogP contribution in [-0.4, -0.2) is 19.7 Å². The molecule has 130 valence electrons. The minimum absolute atomic E-state index is 0.375. The third-order valence-electron chi connectivity index (χ3n) is 4.02. The Labute approximate surface area is 153 Å². The minimum atomic E-state index is -0.569. The first-order chi connectivity index (χ1) is 11.2. The standard InChI is InChI=1S/C20H26O2S2/c1-19(2,17(21)15-11-7-5-8-12-15)23-24-20(3,4)18(22)16-13-9-6-10-14-16/h5-14,17-18,21-22H,1-4H3. The van der Waals surface area contributed by atoms with Crippen LogP contribution < -0.4 is 0 Å². The normalized spacial score (nSPS) is 15.1. The van der Waals surface area contributed by atoms with Gasteiger partial charge in [0.25, 0.3) is 0 Å². The predicted molar refractivity (Wildman–Crippen MR) is 106 cm³/mol. The largest absolute Gasteiger partial charge is 0.387 e. The monoisotopic (exact) mass is 362 g/mol. The minimum Gasteiger partial charge on any atom is -0.387 e. The maximum Gasteiger partial charge on any atom is 0.0939 e. The van der Waals surface area contributed by atoms with Crippen LogP contribution >= 0.6 is 21.6 Å². The molecule has 24 heavy (non-hydrogen) atoms. The van der Waals surface area contributed by atoms with Crippen LogP contribution in [0.4, 0.5) is 0 Å². The fraction of sp³-hybridized carbons (Fsp3) is 0.400. The number of rotatable bonds is 7. The molecule has 2 atom stereocenters. The van der Waals surface area contributed by atoms with E-state index in [1.165, 1.54) is 0 Å². The SMILES string of the molecule is CC(C)(SSC(C)(C)C(O)c1ccccc1)C(O)c1ccccc1. The highest BCUT2D eigenvalue weighted by atomic mass is 33.1. The molecule has 2 aromatic carbocycles. The van der Waals surface area contributed by atoms with E-state index < -0.39 is 12.2 Å². The second kappa shape index (κ2) is 7.96. The molecule has 0 amide bonds. The highest BCUT2D eigenvalue weighted by Gasteiger charge is 2.36. The van der Waals surface area contributed by atoms with Crippen molar-refractivity contribution in [2.45, 2.75) is 49.4 Å². The van der Waals surface area contributed by atoms with E-state index in [2.05, 4.69) is 0 Å². The van der Waals surface area contributed by atoms with E-state index in [1.54, 1.807) is 21.6 Å². The number of hydrogen-bond donors (Lipinski definition) is 2. The van der Waals surface area contributed by atoms with Gasteiger partial charge in [0.2, 0.25) is 0 Å². The van der Waals surface area contributed by atoms with Crippen molar-refractivity contribution in [2.75, 3.05) is 0 Å². The Morgan fingerprint density at radius 2 is 0.917 bits per heavy atom. The van der Waals surface area contributed by atoms with Crippen LogP contribution in [0.3, 0.4) is 0 Å². The maximum atomic E-state index is 10.7. The van der Waals surface area contributed by atoms with Gasteiger partial charge in [0.05, 0.1) is 21.7 Å². The first-order valence-corrected chi connectivity index (χ1v) is 10.2. The molecule has 0 saturated carbocycles. The van der Waals surface area contributed by atoms with Crippen molar-refractivity contribution in [1.82, 2.24) is 0 Å². The van der Waals surface area contributed by atoms with Gasteiger partial charge in [-0.05, 0) is 38.8 Å². The van der Waals surface area contributed by atoms with E-state index in [1.807, 2.05) is 88.4 Å². The molecule has 0 aliphatic carbocycles. The lowest BCUT2D eigenvalue weighted by atomic mass is 9.98. The van der Waals surface area contributed by atoms with Gasteiger partial charge in [-0.1, -0.05) is 82.3 Å². The Hall–Kier alpha value is -0.940. The summed E-state index contributed by atoms with van der Waals surface area (Å²) in [5, 5.41) is 21.4. The zero-order valence-corrected chi connectivity index (χ0v) is 16.3. The average Bonchev–Trinajstić information content (AvgIpc) is 2.60. The van der Waals surface area contributed by atoms with Gasteiger partial charge in [0.1, 0.15) is 0 Å². The number of benzene rings is 2. The van der Waals surface area contributed by atoms with Gasteiger partial charge in [0.15, 0.2) is 0 Å². The molecule has 0 aromatic heterocycles. The Bertz CT molecular complexity index is 569. The summed E-state index contributed by atoms with van der Waals surface area (Å²) in [5.41, 5.74) is 1.83. The van der Waals surface area contributed by atoms with Gasteiger partial charge in [-0.2, -0.15) is 0 Å². The Morgan fingerprint density at radius 3 is 1.21 bits per heavy atom. The fourth-order valence-corrected chi connectivity index (χ4v) is 5.10. The van der Waals surface area contributed by atoms with E-state index in [0.29, 0.717) is 0 Å². The second-order valence-electron chi connectivity index (χ2n) is 7.00. The van der Waals surface area contributed by atoms with Crippen LogP contribution in [0.5, 0.6) is 0 Å². The molecule has 0 heterocycles. The van der Waals surface area contributed by atoms with E-state index in [9.17, 15) is 10.2 Å². The van der Waals surface area contributed by atoms with Gasteiger partial charge >= 0.3 is 0 Å². The van der Waals surface area contributed by atoms with Crippen LogP contribution in [0.15, 0.2) is 60.7 Å². The number of aliphatic hydroxyl groups excluding tert-OH is 2. The van der Waals surface area contributed by atoms with Gasteiger partial charge in [-0.15, -0.1) is 0 Å². The molecule has 4 heteroatoms. The molecule has 0 bridgehead atoms. The summed E-state index contributed by atoms with van der Waals surface area (Å²) in [6.45, 7) is 8.14. The molecular weight excluding hydrogens is 336 g/mol.